The summed E-state index contributed by atoms with van der Waals surface area (Å²) in [5.74, 6) is 0.562. The summed E-state index contributed by atoms with van der Waals surface area (Å²) in [6.07, 6.45) is 3.91. The molecule has 2 unspecified atom stereocenters. The standard InChI is InChI=1S/C16H23N3O/c1-11-5-4-6-16(20,8-11)10-18-15-7-12(2)19-13(3)14(15)9-17/h7,11,20H,4-6,8,10H2,1-3H3,(H,18,19). The van der Waals surface area contributed by atoms with Crippen molar-refractivity contribution < 1.29 is 5.11 Å². The Morgan fingerprint density at radius 3 is 2.95 bits per heavy atom. The van der Waals surface area contributed by atoms with Crippen LogP contribution in [0.3, 0.4) is 0 Å². The lowest BCUT2D eigenvalue weighted by Crippen LogP contribution is -2.41. The molecule has 2 N–H and O–H groups in total. The summed E-state index contributed by atoms with van der Waals surface area (Å²) in [5.41, 5.74) is 2.31. The monoisotopic (exact) mass is 273 g/mol. The molecule has 1 heterocycles. The molecule has 1 aliphatic carbocycles. The number of pyridine rings is 1. The smallest absolute Gasteiger partial charge is 0.103 e. The molecule has 0 aromatic carbocycles. The molecule has 1 aromatic heterocycles. The zero-order valence-electron chi connectivity index (χ0n) is 12.5. The summed E-state index contributed by atoms with van der Waals surface area (Å²) < 4.78 is 0. The van der Waals surface area contributed by atoms with Gasteiger partial charge in [0.2, 0.25) is 0 Å². The molecule has 0 radical (unpaired) electrons. The highest BCUT2D eigenvalue weighted by atomic mass is 16.3. The number of hydrogen-bond donors (Lipinski definition) is 2. The maximum Gasteiger partial charge on any atom is 0.103 e. The lowest BCUT2D eigenvalue weighted by atomic mass is 9.79. The second-order valence-corrected chi connectivity index (χ2v) is 6.16. The Hall–Kier alpha value is -1.60. The maximum absolute atomic E-state index is 10.6. The molecule has 0 bridgehead atoms. The molecular weight excluding hydrogens is 250 g/mol. The number of aromatic nitrogens is 1. The first-order valence-electron chi connectivity index (χ1n) is 7.28. The zero-order valence-corrected chi connectivity index (χ0v) is 12.5. The van der Waals surface area contributed by atoms with Crippen LogP contribution in [0.15, 0.2) is 6.07 Å². The summed E-state index contributed by atoms with van der Waals surface area (Å²) in [6.45, 7) is 6.44. The SMILES string of the molecule is Cc1cc(NCC2(O)CCCC(C)C2)c(C#N)c(C)n1. The molecule has 1 aliphatic rings. The van der Waals surface area contributed by atoms with Gasteiger partial charge in [-0.25, -0.2) is 0 Å². The van der Waals surface area contributed by atoms with Gasteiger partial charge in [-0.3, -0.25) is 4.98 Å². The largest absolute Gasteiger partial charge is 0.388 e. The maximum atomic E-state index is 10.6. The number of anilines is 1. The molecule has 0 aliphatic heterocycles. The summed E-state index contributed by atoms with van der Waals surface area (Å²) in [7, 11) is 0. The first-order valence-corrected chi connectivity index (χ1v) is 7.28. The van der Waals surface area contributed by atoms with Gasteiger partial charge in [-0.15, -0.1) is 0 Å². The van der Waals surface area contributed by atoms with Crippen molar-refractivity contribution in [3.05, 3.63) is 23.0 Å². The van der Waals surface area contributed by atoms with E-state index in [9.17, 15) is 10.4 Å². The van der Waals surface area contributed by atoms with Crippen molar-refractivity contribution in [3.63, 3.8) is 0 Å². The Balaban J connectivity index is 2.13. The summed E-state index contributed by atoms with van der Waals surface area (Å²) in [4.78, 5) is 4.30. The Kier molecular flexibility index (Phi) is 4.29. The molecule has 4 nitrogen and oxygen atoms in total. The van der Waals surface area contributed by atoms with Crippen LogP contribution < -0.4 is 5.32 Å². The minimum atomic E-state index is -0.657. The van der Waals surface area contributed by atoms with Crippen LogP contribution >= 0.6 is 0 Å². The summed E-state index contributed by atoms with van der Waals surface area (Å²) >= 11 is 0. The van der Waals surface area contributed by atoms with E-state index in [0.29, 0.717) is 18.0 Å². The number of rotatable bonds is 3. The van der Waals surface area contributed by atoms with E-state index < -0.39 is 5.60 Å². The van der Waals surface area contributed by atoms with Gasteiger partial charge >= 0.3 is 0 Å². The van der Waals surface area contributed by atoms with Crippen molar-refractivity contribution in [3.8, 4) is 6.07 Å². The number of aryl methyl sites for hydroxylation is 2. The minimum absolute atomic E-state index is 0.495. The fraction of sp³-hybridized carbons (Fsp3) is 0.625. The first-order chi connectivity index (χ1) is 9.43. The molecule has 108 valence electrons. The number of nitrogens with zero attached hydrogens (tertiary/aromatic N) is 2. The highest BCUT2D eigenvalue weighted by Gasteiger charge is 2.32. The highest BCUT2D eigenvalue weighted by Crippen LogP contribution is 2.32. The average Bonchev–Trinajstić information content (AvgIpc) is 2.35. The fourth-order valence-electron chi connectivity index (χ4n) is 3.16. The van der Waals surface area contributed by atoms with E-state index in [0.717, 1.165) is 36.3 Å². The van der Waals surface area contributed by atoms with Crippen molar-refractivity contribution >= 4 is 5.69 Å². The normalized spacial score (nSPS) is 26.1. The van der Waals surface area contributed by atoms with Crippen LogP contribution in [-0.2, 0) is 0 Å². The van der Waals surface area contributed by atoms with Gasteiger partial charge in [-0.1, -0.05) is 19.8 Å². The van der Waals surface area contributed by atoms with E-state index in [-0.39, 0.29) is 0 Å². The molecular formula is C16H23N3O. The Labute approximate surface area is 120 Å². The van der Waals surface area contributed by atoms with Gasteiger partial charge in [-0.05, 0) is 38.7 Å². The van der Waals surface area contributed by atoms with Crippen LogP contribution in [0.5, 0.6) is 0 Å². The van der Waals surface area contributed by atoms with E-state index in [1.807, 2.05) is 19.9 Å². The predicted octanol–water partition coefficient (Wildman–Crippen LogP) is 2.92. The van der Waals surface area contributed by atoms with Gasteiger partial charge in [0.15, 0.2) is 0 Å². The molecule has 0 spiro atoms. The highest BCUT2D eigenvalue weighted by molar-refractivity contribution is 5.60. The first kappa shape index (κ1) is 14.8. The number of hydrogen-bond acceptors (Lipinski definition) is 4. The van der Waals surface area contributed by atoms with Crippen LogP contribution in [0.25, 0.3) is 0 Å². The van der Waals surface area contributed by atoms with Crippen molar-refractivity contribution in [2.45, 2.75) is 52.1 Å². The quantitative estimate of drug-likeness (QED) is 0.888. The Morgan fingerprint density at radius 2 is 2.30 bits per heavy atom. The Bertz CT molecular complexity index is 535. The lowest BCUT2D eigenvalue weighted by Gasteiger charge is -2.36. The molecule has 1 saturated carbocycles. The molecule has 2 rings (SSSR count). The van der Waals surface area contributed by atoms with E-state index in [4.69, 9.17) is 0 Å². The van der Waals surface area contributed by atoms with Crippen molar-refractivity contribution in [2.75, 3.05) is 11.9 Å². The van der Waals surface area contributed by atoms with Crippen LogP contribution in [0.1, 0.15) is 49.6 Å². The molecule has 0 saturated heterocycles. The van der Waals surface area contributed by atoms with Gasteiger partial charge < -0.3 is 10.4 Å². The van der Waals surface area contributed by atoms with Gasteiger partial charge in [0.05, 0.1) is 22.5 Å². The van der Waals surface area contributed by atoms with Gasteiger partial charge in [0.25, 0.3) is 0 Å². The van der Waals surface area contributed by atoms with Crippen molar-refractivity contribution in [1.29, 1.82) is 5.26 Å². The van der Waals surface area contributed by atoms with E-state index in [1.165, 1.54) is 6.42 Å². The average molecular weight is 273 g/mol. The van der Waals surface area contributed by atoms with Crippen LogP contribution in [-0.4, -0.2) is 22.2 Å². The fourth-order valence-corrected chi connectivity index (χ4v) is 3.16. The topological polar surface area (TPSA) is 68.9 Å². The molecule has 4 heteroatoms. The van der Waals surface area contributed by atoms with E-state index in [2.05, 4.69) is 23.3 Å². The predicted molar refractivity (Wildman–Crippen MR) is 79.5 cm³/mol. The minimum Gasteiger partial charge on any atom is -0.388 e. The zero-order chi connectivity index (χ0) is 14.8. The number of nitrogens with one attached hydrogen (secondary N) is 1. The molecule has 20 heavy (non-hydrogen) atoms. The van der Waals surface area contributed by atoms with Crippen molar-refractivity contribution in [1.82, 2.24) is 4.98 Å². The third-order valence-corrected chi connectivity index (χ3v) is 4.12. The van der Waals surface area contributed by atoms with Crippen LogP contribution in [0.4, 0.5) is 5.69 Å². The van der Waals surface area contributed by atoms with Crippen molar-refractivity contribution in [2.24, 2.45) is 5.92 Å². The molecule has 2 atom stereocenters. The number of nitriles is 1. The molecule has 0 amide bonds. The van der Waals surface area contributed by atoms with Gasteiger partial charge in [0.1, 0.15) is 6.07 Å². The van der Waals surface area contributed by atoms with Crippen LogP contribution in [0, 0.1) is 31.1 Å². The Morgan fingerprint density at radius 1 is 1.55 bits per heavy atom. The second-order valence-electron chi connectivity index (χ2n) is 6.16. The van der Waals surface area contributed by atoms with Gasteiger partial charge in [0, 0.05) is 12.2 Å². The third kappa shape index (κ3) is 3.29. The third-order valence-electron chi connectivity index (χ3n) is 4.12. The summed E-state index contributed by atoms with van der Waals surface area (Å²) in [6, 6.07) is 4.07. The van der Waals surface area contributed by atoms with E-state index in [1.54, 1.807) is 0 Å². The van der Waals surface area contributed by atoms with Crippen LogP contribution in [0.2, 0.25) is 0 Å². The lowest BCUT2D eigenvalue weighted by molar-refractivity contribution is -0.000768. The van der Waals surface area contributed by atoms with Gasteiger partial charge in [-0.2, -0.15) is 5.26 Å². The molecule has 1 fully saturated rings. The second kappa shape index (κ2) is 5.80. The number of aliphatic hydroxyl groups is 1. The summed E-state index contributed by atoms with van der Waals surface area (Å²) in [5, 5.41) is 23.1. The molecule has 1 aromatic rings. The van der Waals surface area contributed by atoms with E-state index >= 15 is 0 Å².